The van der Waals surface area contributed by atoms with E-state index in [0.29, 0.717) is 11.4 Å². The molecule has 7 heteroatoms. The van der Waals surface area contributed by atoms with E-state index in [2.05, 4.69) is 16.6 Å². The minimum absolute atomic E-state index is 0.115. The second-order valence-corrected chi connectivity index (χ2v) is 7.51. The molecule has 0 aromatic heterocycles. The highest BCUT2D eigenvalue weighted by atomic mass is 32.2. The Hall–Kier alpha value is -2.64. The molecule has 2 aromatic carbocycles. The first kappa shape index (κ1) is 19.7. The van der Waals surface area contributed by atoms with Crippen molar-refractivity contribution in [1.29, 1.82) is 0 Å². The van der Waals surface area contributed by atoms with Crippen LogP contribution in [0.3, 0.4) is 0 Å². The minimum Gasteiger partial charge on any atom is -0.484 e. The number of anilines is 1. The summed E-state index contributed by atoms with van der Waals surface area (Å²) in [4.78, 5) is 12.1. The highest BCUT2D eigenvalue weighted by molar-refractivity contribution is 7.89. The average molecular weight is 374 g/mol. The summed E-state index contributed by atoms with van der Waals surface area (Å²) >= 11 is 0. The molecule has 6 nitrogen and oxygen atoms in total. The summed E-state index contributed by atoms with van der Waals surface area (Å²) in [6, 6.07) is 11.5. The number of carbonyl (C=O) groups is 1. The second kappa shape index (κ2) is 8.64. The molecule has 0 radical (unpaired) electrons. The van der Waals surface area contributed by atoms with Gasteiger partial charge in [0.2, 0.25) is 10.0 Å². The van der Waals surface area contributed by atoms with Crippen LogP contribution < -0.4 is 14.8 Å². The lowest BCUT2D eigenvalue weighted by atomic mass is 10.1. The largest absolute Gasteiger partial charge is 0.484 e. The highest BCUT2D eigenvalue weighted by Gasteiger charge is 2.12. The van der Waals surface area contributed by atoms with Crippen LogP contribution in [0.1, 0.15) is 11.1 Å². The van der Waals surface area contributed by atoms with E-state index in [-0.39, 0.29) is 24.0 Å². The summed E-state index contributed by atoms with van der Waals surface area (Å²) in [7, 11) is -3.58. The molecule has 0 saturated heterocycles. The molecule has 2 N–H and O–H groups in total. The van der Waals surface area contributed by atoms with Crippen molar-refractivity contribution in [3.05, 3.63) is 66.2 Å². The van der Waals surface area contributed by atoms with E-state index < -0.39 is 10.0 Å². The van der Waals surface area contributed by atoms with E-state index in [4.69, 9.17) is 4.74 Å². The van der Waals surface area contributed by atoms with Gasteiger partial charge < -0.3 is 10.1 Å². The maximum absolute atomic E-state index is 12.0. The minimum atomic E-state index is -3.58. The quantitative estimate of drug-likeness (QED) is 0.696. The van der Waals surface area contributed by atoms with Gasteiger partial charge in [-0.3, -0.25) is 4.79 Å². The lowest BCUT2D eigenvalue weighted by molar-refractivity contribution is -0.118. The van der Waals surface area contributed by atoms with Crippen molar-refractivity contribution in [1.82, 2.24) is 4.72 Å². The Bertz CT molecular complexity index is 890. The highest BCUT2D eigenvalue weighted by Crippen LogP contribution is 2.17. The van der Waals surface area contributed by atoms with Crippen LogP contribution in [0, 0.1) is 13.8 Å². The van der Waals surface area contributed by atoms with E-state index in [1.807, 2.05) is 32.0 Å². The summed E-state index contributed by atoms with van der Waals surface area (Å²) in [5.74, 6) is 0.293. The Kier molecular flexibility index (Phi) is 6.54. The fourth-order valence-electron chi connectivity index (χ4n) is 2.12. The molecule has 2 rings (SSSR count). The number of carbonyl (C=O) groups excluding carboxylic acids is 1. The van der Waals surface area contributed by atoms with Crippen molar-refractivity contribution in [2.45, 2.75) is 18.7 Å². The van der Waals surface area contributed by atoms with Crippen molar-refractivity contribution in [2.24, 2.45) is 0 Å². The molecule has 0 heterocycles. The van der Waals surface area contributed by atoms with Gasteiger partial charge in [0, 0.05) is 12.2 Å². The molecule has 0 spiro atoms. The van der Waals surface area contributed by atoms with E-state index in [0.717, 1.165) is 11.1 Å². The Morgan fingerprint density at radius 3 is 2.42 bits per heavy atom. The smallest absolute Gasteiger partial charge is 0.262 e. The number of ether oxygens (including phenoxy) is 1. The van der Waals surface area contributed by atoms with Crippen LogP contribution >= 0.6 is 0 Å². The molecule has 0 bridgehead atoms. The molecule has 2 aromatic rings. The zero-order chi connectivity index (χ0) is 19.2. The van der Waals surface area contributed by atoms with Gasteiger partial charge in [0.05, 0.1) is 4.90 Å². The average Bonchev–Trinajstić information content (AvgIpc) is 2.61. The van der Waals surface area contributed by atoms with E-state index >= 15 is 0 Å². The van der Waals surface area contributed by atoms with Crippen LogP contribution in [-0.4, -0.2) is 27.5 Å². The lowest BCUT2D eigenvalue weighted by Gasteiger charge is -2.10. The van der Waals surface area contributed by atoms with Gasteiger partial charge in [-0.15, -0.1) is 6.58 Å². The monoisotopic (exact) mass is 374 g/mol. The van der Waals surface area contributed by atoms with Gasteiger partial charge in [0.1, 0.15) is 5.75 Å². The van der Waals surface area contributed by atoms with Crippen molar-refractivity contribution in [3.63, 3.8) is 0 Å². The number of nitrogens with one attached hydrogen (secondary N) is 2. The maximum atomic E-state index is 12.0. The third kappa shape index (κ3) is 5.44. The van der Waals surface area contributed by atoms with E-state index in [9.17, 15) is 13.2 Å². The zero-order valence-corrected chi connectivity index (χ0v) is 15.6. The lowest BCUT2D eigenvalue weighted by Crippen LogP contribution is -2.23. The Morgan fingerprint density at radius 2 is 1.81 bits per heavy atom. The number of amides is 1. The standard InChI is InChI=1S/C19H22N2O4S/c1-4-11-20-26(23,24)18-9-6-16(7-10-18)21-19(22)13-25-17-8-5-14(2)15(3)12-17/h4-10,12,20H,1,11,13H2,2-3H3,(H,21,22). The number of aryl methyl sites for hydroxylation is 2. The topological polar surface area (TPSA) is 84.5 Å². The van der Waals surface area contributed by atoms with Gasteiger partial charge in [-0.2, -0.15) is 0 Å². The predicted molar refractivity (Wildman–Crippen MR) is 102 cm³/mol. The Balaban J connectivity index is 1.92. The summed E-state index contributed by atoms with van der Waals surface area (Å²) in [5, 5.41) is 2.66. The predicted octanol–water partition coefficient (Wildman–Crippen LogP) is 2.79. The SMILES string of the molecule is C=CCNS(=O)(=O)c1ccc(NC(=O)COc2ccc(C)c(C)c2)cc1. The molecule has 0 unspecified atom stereocenters. The molecular weight excluding hydrogens is 352 g/mol. The first-order valence-corrected chi connectivity index (χ1v) is 9.50. The van der Waals surface area contributed by atoms with Crippen LogP contribution in [0.5, 0.6) is 5.75 Å². The van der Waals surface area contributed by atoms with Gasteiger partial charge in [-0.1, -0.05) is 12.1 Å². The number of sulfonamides is 1. The van der Waals surface area contributed by atoms with Crippen LogP contribution in [0.2, 0.25) is 0 Å². The van der Waals surface area contributed by atoms with Crippen molar-refractivity contribution < 1.29 is 17.9 Å². The van der Waals surface area contributed by atoms with Gasteiger partial charge in [-0.25, -0.2) is 13.1 Å². The van der Waals surface area contributed by atoms with Gasteiger partial charge in [0.25, 0.3) is 5.91 Å². The number of benzene rings is 2. The molecule has 0 aliphatic heterocycles. The Morgan fingerprint density at radius 1 is 1.12 bits per heavy atom. The maximum Gasteiger partial charge on any atom is 0.262 e. The third-order valence-corrected chi connectivity index (χ3v) is 5.15. The first-order chi connectivity index (χ1) is 12.3. The summed E-state index contributed by atoms with van der Waals surface area (Å²) < 4.78 is 31.8. The van der Waals surface area contributed by atoms with Crippen molar-refractivity contribution in [2.75, 3.05) is 18.5 Å². The van der Waals surface area contributed by atoms with Crippen molar-refractivity contribution >= 4 is 21.6 Å². The number of rotatable bonds is 8. The first-order valence-electron chi connectivity index (χ1n) is 8.02. The molecule has 138 valence electrons. The molecule has 0 fully saturated rings. The molecule has 0 aliphatic carbocycles. The van der Waals surface area contributed by atoms with Gasteiger partial charge >= 0.3 is 0 Å². The van der Waals surface area contributed by atoms with E-state index in [1.165, 1.54) is 30.3 Å². The summed E-state index contributed by atoms with van der Waals surface area (Å²) in [5.41, 5.74) is 2.73. The molecule has 0 aliphatic rings. The third-order valence-electron chi connectivity index (χ3n) is 3.71. The fraction of sp³-hybridized carbons (Fsp3) is 0.211. The van der Waals surface area contributed by atoms with Crippen LogP contribution in [-0.2, 0) is 14.8 Å². The molecule has 26 heavy (non-hydrogen) atoms. The molecule has 0 atom stereocenters. The van der Waals surface area contributed by atoms with Crippen molar-refractivity contribution in [3.8, 4) is 5.75 Å². The van der Waals surface area contributed by atoms with Gasteiger partial charge in [0.15, 0.2) is 6.61 Å². The summed E-state index contributed by atoms with van der Waals surface area (Å²) in [6.45, 7) is 7.46. The molecular formula is C19H22N2O4S. The Labute approximate surface area is 153 Å². The molecule has 1 amide bonds. The van der Waals surface area contributed by atoms with Crippen LogP contribution in [0.15, 0.2) is 60.0 Å². The summed E-state index contributed by atoms with van der Waals surface area (Å²) in [6.07, 6.45) is 1.46. The fourth-order valence-corrected chi connectivity index (χ4v) is 3.12. The van der Waals surface area contributed by atoms with Crippen LogP contribution in [0.4, 0.5) is 5.69 Å². The van der Waals surface area contributed by atoms with E-state index in [1.54, 1.807) is 0 Å². The number of hydrogen-bond acceptors (Lipinski definition) is 4. The molecule has 0 saturated carbocycles. The number of hydrogen-bond donors (Lipinski definition) is 2. The zero-order valence-electron chi connectivity index (χ0n) is 14.8. The van der Waals surface area contributed by atoms with Gasteiger partial charge in [-0.05, 0) is 61.4 Å². The van der Waals surface area contributed by atoms with Crippen LogP contribution in [0.25, 0.3) is 0 Å². The normalized spacial score (nSPS) is 11.0. The second-order valence-electron chi connectivity index (χ2n) is 5.75.